The molecule has 4 heteroatoms. The van der Waals surface area contributed by atoms with E-state index in [9.17, 15) is 0 Å². The summed E-state index contributed by atoms with van der Waals surface area (Å²) in [6.45, 7) is 3.09. The molecule has 0 fully saturated rings. The van der Waals surface area contributed by atoms with E-state index in [0.717, 1.165) is 35.2 Å². The van der Waals surface area contributed by atoms with Crippen LogP contribution in [-0.4, -0.2) is 16.5 Å². The molecule has 0 saturated carbocycles. The summed E-state index contributed by atoms with van der Waals surface area (Å²) in [5, 5.41) is 4.40. The van der Waals surface area contributed by atoms with Crippen LogP contribution in [0, 0.1) is 0 Å². The van der Waals surface area contributed by atoms with Crippen molar-refractivity contribution in [1.29, 1.82) is 0 Å². The van der Waals surface area contributed by atoms with Gasteiger partial charge in [-0.2, -0.15) is 0 Å². The molecule has 19 heavy (non-hydrogen) atoms. The number of hydrogen-bond acceptors (Lipinski definition) is 3. The Morgan fingerprint density at radius 2 is 2.11 bits per heavy atom. The molecule has 0 aliphatic rings. The lowest BCUT2D eigenvalue weighted by Gasteiger charge is -2.11. The average Bonchev–Trinajstić information content (AvgIpc) is 2.42. The molecule has 0 radical (unpaired) electrons. The number of rotatable bonds is 6. The lowest BCUT2D eigenvalue weighted by molar-refractivity contribution is 0.742. The number of thiocarbonyl (C=S) groups is 1. The van der Waals surface area contributed by atoms with E-state index < -0.39 is 0 Å². The number of anilines is 1. The van der Waals surface area contributed by atoms with Crippen molar-refractivity contribution in [3.05, 3.63) is 35.9 Å². The van der Waals surface area contributed by atoms with Crippen molar-refractivity contribution in [2.24, 2.45) is 5.73 Å². The van der Waals surface area contributed by atoms with Gasteiger partial charge < -0.3 is 11.1 Å². The van der Waals surface area contributed by atoms with Gasteiger partial charge in [-0.05, 0) is 18.6 Å². The van der Waals surface area contributed by atoms with E-state index in [-0.39, 0.29) is 0 Å². The lowest BCUT2D eigenvalue weighted by Crippen LogP contribution is -2.15. The van der Waals surface area contributed by atoms with Crippen molar-refractivity contribution in [3.63, 3.8) is 0 Å². The quantitative estimate of drug-likeness (QED) is 0.625. The zero-order valence-electron chi connectivity index (χ0n) is 11.1. The molecular formula is C15H19N3S. The monoisotopic (exact) mass is 273 g/mol. The molecular weight excluding hydrogens is 254 g/mol. The Morgan fingerprint density at radius 3 is 2.84 bits per heavy atom. The average molecular weight is 273 g/mol. The minimum absolute atomic E-state index is 0.385. The van der Waals surface area contributed by atoms with E-state index in [4.69, 9.17) is 18.0 Å². The molecule has 1 aromatic heterocycles. The highest BCUT2D eigenvalue weighted by atomic mass is 32.1. The fourth-order valence-electron chi connectivity index (χ4n) is 2.02. The van der Waals surface area contributed by atoms with Gasteiger partial charge in [-0.3, -0.25) is 0 Å². The molecule has 100 valence electrons. The standard InChI is InChI=1S/C15H19N3S/c1-2-3-6-9-17-15-12(14(16)19)10-11-7-4-5-8-13(11)18-15/h4-5,7-8,10H,2-3,6,9H2,1H3,(H2,16,19)(H,17,18). The number of para-hydroxylation sites is 1. The molecule has 2 aromatic rings. The van der Waals surface area contributed by atoms with Crippen LogP contribution in [0.1, 0.15) is 31.7 Å². The predicted octanol–water partition coefficient (Wildman–Crippen LogP) is 3.47. The molecule has 2 rings (SSSR count). The molecule has 3 N–H and O–H groups in total. The Morgan fingerprint density at radius 1 is 1.32 bits per heavy atom. The number of unbranched alkanes of at least 4 members (excludes halogenated alkanes) is 2. The van der Waals surface area contributed by atoms with Gasteiger partial charge in [-0.15, -0.1) is 0 Å². The maximum atomic E-state index is 5.79. The minimum atomic E-state index is 0.385. The number of pyridine rings is 1. The first-order valence-electron chi connectivity index (χ1n) is 6.66. The zero-order chi connectivity index (χ0) is 13.7. The number of hydrogen-bond donors (Lipinski definition) is 2. The first-order valence-corrected chi connectivity index (χ1v) is 7.06. The highest BCUT2D eigenvalue weighted by Gasteiger charge is 2.08. The lowest BCUT2D eigenvalue weighted by atomic mass is 10.1. The van der Waals surface area contributed by atoms with E-state index in [0.29, 0.717) is 4.99 Å². The second-order valence-electron chi connectivity index (χ2n) is 4.58. The van der Waals surface area contributed by atoms with Crippen LogP contribution in [0.2, 0.25) is 0 Å². The molecule has 0 amide bonds. The second-order valence-corrected chi connectivity index (χ2v) is 5.02. The topological polar surface area (TPSA) is 50.9 Å². The highest BCUT2D eigenvalue weighted by Crippen LogP contribution is 2.20. The van der Waals surface area contributed by atoms with Gasteiger partial charge in [-0.1, -0.05) is 50.2 Å². The van der Waals surface area contributed by atoms with Crippen molar-refractivity contribution in [3.8, 4) is 0 Å². The van der Waals surface area contributed by atoms with Crippen LogP contribution in [0.25, 0.3) is 10.9 Å². The molecule has 1 aromatic carbocycles. The molecule has 0 spiro atoms. The van der Waals surface area contributed by atoms with E-state index in [1.807, 2.05) is 30.3 Å². The molecule has 0 bridgehead atoms. The number of nitrogens with one attached hydrogen (secondary N) is 1. The minimum Gasteiger partial charge on any atom is -0.389 e. The summed E-state index contributed by atoms with van der Waals surface area (Å²) in [7, 11) is 0. The van der Waals surface area contributed by atoms with E-state index in [1.165, 1.54) is 12.8 Å². The van der Waals surface area contributed by atoms with Gasteiger partial charge in [-0.25, -0.2) is 4.98 Å². The first-order chi connectivity index (χ1) is 9.22. The van der Waals surface area contributed by atoms with Crippen LogP contribution >= 0.6 is 12.2 Å². The molecule has 3 nitrogen and oxygen atoms in total. The summed E-state index contributed by atoms with van der Waals surface area (Å²) in [6, 6.07) is 9.99. The molecule has 0 saturated heterocycles. The normalized spacial score (nSPS) is 10.6. The second kappa shape index (κ2) is 6.48. The maximum Gasteiger partial charge on any atom is 0.136 e. The van der Waals surface area contributed by atoms with Crippen LogP contribution in [-0.2, 0) is 0 Å². The Bertz CT molecular complexity index is 581. The number of nitrogens with zero attached hydrogens (tertiary/aromatic N) is 1. The summed E-state index contributed by atoms with van der Waals surface area (Å²) < 4.78 is 0. The summed E-state index contributed by atoms with van der Waals surface area (Å²) in [5.41, 5.74) is 7.57. The summed E-state index contributed by atoms with van der Waals surface area (Å²) in [6.07, 6.45) is 3.54. The predicted molar refractivity (Wildman–Crippen MR) is 85.6 cm³/mol. The van der Waals surface area contributed by atoms with E-state index in [2.05, 4.69) is 17.2 Å². The molecule has 0 unspecified atom stereocenters. The highest BCUT2D eigenvalue weighted by molar-refractivity contribution is 7.80. The van der Waals surface area contributed by atoms with Crippen LogP contribution < -0.4 is 11.1 Å². The third kappa shape index (κ3) is 3.41. The van der Waals surface area contributed by atoms with Crippen LogP contribution in [0.5, 0.6) is 0 Å². The van der Waals surface area contributed by atoms with Crippen LogP contribution in [0.4, 0.5) is 5.82 Å². The third-order valence-corrected chi connectivity index (χ3v) is 3.28. The zero-order valence-corrected chi connectivity index (χ0v) is 12.0. The Kier molecular flexibility index (Phi) is 4.68. The largest absolute Gasteiger partial charge is 0.389 e. The van der Waals surface area contributed by atoms with Crippen molar-refractivity contribution < 1.29 is 0 Å². The molecule has 0 atom stereocenters. The number of fused-ring (bicyclic) bond motifs is 1. The van der Waals surface area contributed by atoms with Crippen molar-refractivity contribution >= 4 is 33.9 Å². The van der Waals surface area contributed by atoms with Gasteiger partial charge in [0.2, 0.25) is 0 Å². The van der Waals surface area contributed by atoms with Crippen molar-refractivity contribution in [1.82, 2.24) is 4.98 Å². The van der Waals surface area contributed by atoms with Gasteiger partial charge in [0.1, 0.15) is 10.8 Å². The van der Waals surface area contributed by atoms with Gasteiger partial charge in [0.25, 0.3) is 0 Å². The first kappa shape index (κ1) is 13.7. The maximum absolute atomic E-state index is 5.79. The van der Waals surface area contributed by atoms with Crippen molar-refractivity contribution in [2.45, 2.75) is 26.2 Å². The van der Waals surface area contributed by atoms with Crippen LogP contribution in [0.15, 0.2) is 30.3 Å². The smallest absolute Gasteiger partial charge is 0.136 e. The van der Waals surface area contributed by atoms with Gasteiger partial charge in [0.05, 0.1) is 11.1 Å². The fraction of sp³-hybridized carbons (Fsp3) is 0.333. The van der Waals surface area contributed by atoms with Crippen molar-refractivity contribution in [2.75, 3.05) is 11.9 Å². The number of aromatic nitrogens is 1. The van der Waals surface area contributed by atoms with Gasteiger partial charge in [0, 0.05) is 11.9 Å². The summed E-state index contributed by atoms with van der Waals surface area (Å²) in [4.78, 5) is 5.00. The third-order valence-electron chi connectivity index (χ3n) is 3.06. The summed E-state index contributed by atoms with van der Waals surface area (Å²) >= 11 is 5.11. The Labute approximate surface area is 119 Å². The fourth-order valence-corrected chi connectivity index (χ4v) is 2.18. The number of nitrogens with two attached hydrogens (primary N) is 1. The van der Waals surface area contributed by atoms with E-state index in [1.54, 1.807) is 0 Å². The number of benzene rings is 1. The SMILES string of the molecule is CCCCCNc1nc2ccccc2cc1C(N)=S. The molecule has 0 aliphatic heterocycles. The van der Waals surface area contributed by atoms with E-state index >= 15 is 0 Å². The van der Waals surface area contributed by atoms with Crippen LogP contribution in [0.3, 0.4) is 0 Å². The van der Waals surface area contributed by atoms with Gasteiger partial charge >= 0.3 is 0 Å². The molecule has 0 aliphatic carbocycles. The summed E-state index contributed by atoms with van der Waals surface area (Å²) in [5.74, 6) is 0.794. The van der Waals surface area contributed by atoms with Gasteiger partial charge in [0.15, 0.2) is 0 Å². The Balaban J connectivity index is 2.28. The Hall–Kier alpha value is -1.68. The molecule has 1 heterocycles.